The first-order valence-corrected chi connectivity index (χ1v) is 8.93. The van der Waals surface area contributed by atoms with Crippen molar-refractivity contribution in [3.8, 4) is 6.07 Å². The Labute approximate surface area is 166 Å². The molecule has 6 heteroatoms. The smallest absolute Gasteiger partial charge is 0.351 e. The molecule has 1 N–H and O–H groups in total. The quantitative estimate of drug-likeness (QED) is 0.387. The van der Waals surface area contributed by atoms with Gasteiger partial charge in [-0.1, -0.05) is 60.1 Å². The van der Waals surface area contributed by atoms with Crippen LogP contribution in [-0.2, 0) is 16.1 Å². The topological polar surface area (TPSA) is 74.5 Å². The molecule has 0 saturated carbocycles. The highest BCUT2D eigenvalue weighted by Gasteiger charge is 2.24. The molecule has 4 rings (SSSR count). The summed E-state index contributed by atoms with van der Waals surface area (Å²) in [5.74, 6) is -0.758. The van der Waals surface area contributed by atoms with Gasteiger partial charge in [-0.15, -0.1) is 0 Å². The fraction of sp³-hybridized carbons (Fsp3) is 0.0455. The van der Waals surface area contributed by atoms with Crippen molar-refractivity contribution in [2.75, 3.05) is 5.32 Å². The molecule has 0 radical (unpaired) electrons. The predicted molar refractivity (Wildman–Crippen MR) is 109 cm³/mol. The van der Waals surface area contributed by atoms with Crippen LogP contribution >= 0.6 is 11.6 Å². The van der Waals surface area contributed by atoms with E-state index in [9.17, 15) is 10.1 Å². The molecule has 0 bridgehead atoms. The van der Waals surface area contributed by atoms with E-state index in [0.29, 0.717) is 11.4 Å². The number of halogens is 1. The number of benzene rings is 3. The van der Waals surface area contributed by atoms with Crippen molar-refractivity contribution in [2.45, 2.75) is 6.61 Å². The average Bonchev–Trinajstić information content (AvgIpc) is 2.73. The number of nitrogens with zero attached hydrogens (tertiary/aromatic N) is 2. The van der Waals surface area contributed by atoms with Gasteiger partial charge in [0.1, 0.15) is 18.4 Å². The molecule has 3 aromatic rings. The van der Waals surface area contributed by atoms with Crippen molar-refractivity contribution >= 4 is 44.9 Å². The molecular formula is C22H14ClN3O2. The summed E-state index contributed by atoms with van der Waals surface area (Å²) in [5.41, 5.74) is 2.06. The minimum atomic E-state index is -0.758. The number of nitriles is 1. The van der Waals surface area contributed by atoms with Crippen molar-refractivity contribution in [1.29, 1.82) is 5.26 Å². The lowest BCUT2D eigenvalue weighted by atomic mass is 10.1. The van der Waals surface area contributed by atoms with Gasteiger partial charge in [-0.3, -0.25) is 0 Å². The Hall–Kier alpha value is -3.62. The summed E-state index contributed by atoms with van der Waals surface area (Å²) >= 11 is 6.18. The Morgan fingerprint density at radius 2 is 1.82 bits per heavy atom. The number of para-hydroxylation sites is 2. The van der Waals surface area contributed by atoms with Gasteiger partial charge in [-0.05, 0) is 34.5 Å². The lowest BCUT2D eigenvalue weighted by molar-refractivity contribution is -0.139. The number of allylic oxidation sites excluding steroid dienone is 1. The Morgan fingerprint density at radius 1 is 1.07 bits per heavy atom. The van der Waals surface area contributed by atoms with Crippen LogP contribution in [0.2, 0.25) is 0 Å². The van der Waals surface area contributed by atoms with Crippen molar-refractivity contribution in [2.24, 2.45) is 4.99 Å². The Bertz CT molecular complexity index is 1190. The maximum Gasteiger partial charge on any atom is 0.351 e. The van der Waals surface area contributed by atoms with Gasteiger partial charge in [0.2, 0.25) is 0 Å². The number of ether oxygens (including phenoxy) is 1. The van der Waals surface area contributed by atoms with Crippen molar-refractivity contribution in [3.63, 3.8) is 0 Å². The summed E-state index contributed by atoms with van der Waals surface area (Å²) in [5, 5.41) is 14.7. The maximum atomic E-state index is 12.5. The zero-order valence-electron chi connectivity index (χ0n) is 14.6. The fourth-order valence-corrected chi connectivity index (χ4v) is 3.18. The molecular weight excluding hydrogens is 374 g/mol. The maximum absolute atomic E-state index is 12.5. The number of hydrogen-bond acceptors (Lipinski definition) is 5. The number of fused-ring (bicyclic) bond motifs is 2. The van der Waals surface area contributed by atoms with E-state index in [1.54, 1.807) is 12.1 Å². The first-order chi connectivity index (χ1) is 13.7. The van der Waals surface area contributed by atoms with Gasteiger partial charge in [0.25, 0.3) is 0 Å². The number of nitrogens with one attached hydrogen (secondary N) is 1. The first kappa shape index (κ1) is 17.8. The number of hydrogen-bond donors (Lipinski definition) is 1. The molecule has 0 unspecified atom stereocenters. The second-order valence-corrected chi connectivity index (χ2v) is 6.52. The van der Waals surface area contributed by atoms with Gasteiger partial charge in [0, 0.05) is 0 Å². The highest BCUT2D eigenvalue weighted by Crippen LogP contribution is 2.32. The summed E-state index contributed by atoms with van der Waals surface area (Å²) in [4.78, 5) is 16.7. The highest BCUT2D eigenvalue weighted by atomic mass is 35.5. The lowest BCUT2D eigenvalue weighted by Crippen LogP contribution is -2.18. The number of anilines is 1. The van der Waals surface area contributed by atoms with Gasteiger partial charge in [0.15, 0.2) is 10.7 Å². The van der Waals surface area contributed by atoms with Crippen LogP contribution in [-0.4, -0.2) is 11.1 Å². The number of rotatable bonds is 3. The number of aliphatic imine (C=N–C) groups is 1. The van der Waals surface area contributed by atoms with Crippen LogP contribution in [0.25, 0.3) is 10.8 Å². The molecule has 0 amide bonds. The van der Waals surface area contributed by atoms with Gasteiger partial charge < -0.3 is 10.1 Å². The number of carbonyl (C=O) groups excluding carboxylic acids is 1. The Kier molecular flexibility index (Phi) is 4.79. The van der Waals surface area contributed by atoms with Crippen LogP contribution in [0, 0.1) is 11.3 Å². The molecule has 3 aromatic carbocycles. The van der Waals surface area contributed by atoms with Gasteiger partial charge in [-0.2, -0.15) is 5.26 Å². The van der Waals surface area contributed by atoms with Crippen LogP contribution in [0.5, 0.6) is 0 Å². The van der Waals surface area contributed by atoms with Crippen molar-refractivity contribution in [1.82, 2.24) is 0 Å². The van der Waals surface area contributed by atoms with E-state index in [-0.39, 0.29) is 23.0 Å². The molecule has 1 aliphatic heterocycles. The minimum absolute atomic E-state index is 0.0397. The number of esters is 1. The van der Waals surface area contributed by atoms with Gasteiger partial charge >= 0.3 is 5.97 Å². The van der Waals surface area contributed by atoms with E-state index >= 15 is 0 Å². The van der Waals surface area contributed by atoms with Crippen molar-refractivity contribution in [3.05, 3.63) is 83.6 Å². The third-order valence-electron chi connectivity index (χ3n) is 4.34. The number of carbonyl (C=O) groups is 1. The van der Waals surface area contributed by atoms with Crippen LogP contribution < -0.4 is 5.32 Å². The molecule has 0 spiro atoms. The zero-order chi connectivity index (χ0) is 19.5. The van der Waals surface area contributed by atoms with E-state index in [2.05, 4.69) is 10.3 Å². The lowest BCUT2D eigenvalue weighted by Gasteiger charge is -2.18. The fourth-order valence-electron chi connectivity index (χ4n) is 2.94. The van der Waals surface area contributed by atoms with Crippen LogP contribution in [0.3, 0.4) is 0 Å². The molecule has 136 valence electrons. The van der Waals surface area contributed by atoms with E-state index in [0.717, 1.165) is 16.3 Å². The normalized spacial score (nSPS) is 14.4. The zero-order valence-corrected chi connectivity index (χ0v) is 15.4. The van der Waals surface area contributed by atoms with Crippen LogP contribution in [0.15, 0.2) is 83.0 Å². The van der Waals surface area contributed by atoms with Gasteiger partial charge in [0.05, 0.1) is 11.4 Å². The summed E-state index contributed by atoms with van der Waals surface area (Å²) in [7, 11) is 0. The van der Waals surface area contributed by atoms with E-state index in [4.69, 9.17) is 16.3 Å². The van der Waals surface area contributed by atoms with Crippen LogP contribution in [0.1, 0.15) is 5.56 Å². The van der Waals surface area contributed by atoms with E-state index < -0.39 is 5.97 Å². The molecule has 0 fully saturated rings. The first-order valence-electron chi connectivity index (χ1n) is 8.55. The van der Waals surface area contributed by atoms with Crippen molar-refractivity contribution < 1.29 is 9.53 Å². The second-order valence-electron chi connectivity index (χ2n) is 6.16. The molecule has 0 atom stereocenters. The molecule has 1 aliphatic rings. The molecule has 0 saturated heterocycles. The third-order valence-corrected chi connectivity index (χ3v) is 4.61. The predicted octanol–water partition coefficient (Wildman–Crippen LogP) is 5.06. The van der Waals surface area contributed by atoms with E-state index in [1.807, 2.05) is 60.7 Å². The third kappa shape index (κ3) is 3.46. The molecule has 1 heterocycles. The summed E-state index contributed by atoms with van der Waals surface area (Å²) in [6.07, 6.45) is 0. The minimum Gasteiger partial charge on any atom is -0.457 e. The highest BCUT2D eigenvalue weighted by molar-refractivity contribution is 6.70. The Morgan fingerprint density at radius 3 is 2.64 bits per heavy atom. The monoisotopic (exact) mass is 387 g/mol. The average molecular weight is 388 g/mol. The van der Waals surface area contributed by atoms with Crippen LogP contribution in [0.4, 0.5) is 11.4 Å². The Balaban J connectivity index is 1.56. The standard InChI is InChI=1S/C22H14ClN3O2/c23-21-20(25-18-7-3-4-8-19(18)26-21)17(12-24)22(27)28-13-14-9-10-15-5-1-2-6-16(15)11-14/h1-11,25H,13H2. The molecule has 0 aliphatic carbocycles. The molecule has 5 nitrogen and oxygen atoms in total. The summed E-state index contributed by atoms with van der Waals surface area (Å²) < 4.78 is 5.35. The second kappa shape index (κ2) is 7.55. The largest absolute Gasteiger partial charge is 0.457 e. The molecule has 28 heavy (non-hydrogen) atoms. The molecule has 0 aromatic heterocycles. The summed E-state index contributed by atoms with van der Waals surface area (Å²) in [6.45, 7) is 0.0491. The SMILES string of the molecule is N#CC(C(=O)OCc1ccc2ccccc2c1)=C1Nc2ccccc2N=C1Cl. The van der Waals surface area contributed by atoms with Gasteiger partial charge in [-0.25, -0.2) is 9.79 Å². The summed E-state index contributed by atoms with van der Waals surface area (Å²) in [6, 6.07) is 22.8. The van der Waals surface area contributed by atoms with E-state index in [1.165, 1.54) is 0 Å².